The number of rotatable bonds is 4. The highest BCUT2D eigenvalue weighted by Crippen LogP contribution is 2.24. The van der Waals surface area contributed by atoms with Gasteiger partial charge in [0, 0.05) is 27.9 Å². The van der Waals surface area contributed by atoms with Gasteiger partial charge in [-0.2, -0.15) is 0 Å². The van der Waals surface area contributed by atoms with E-state index in [1.54, 1.807) is 11.3 Å². The lowest BCUT2D eigenvalue weighted by molar-refractivity contribution is 0.0993. The van der Waals surface area contributed by atoms with E-state index in [0.717, 1.165) is 20.5 Å². The summed E-state index contributed by atoms with van der Waals surface area (Å²) in [6, 6.07) is 9.44. The maximum Gasteiger partial charge on any atom is 0.168 e. The van der Waals surface area contributed by atoms with Gasteiger partial charge in [0.1, 0.15) is 0 Å². The second-order valence-corrected chi connectivity index (χ2v) is 5.55. The van der Waals surface area contributed by atoms with Crippen LogP contribution in [0.1, 0.15) is 20.8 Å². The summed E-state index contributed by atoms with van der Waals surface area (Å²) in [4.78, 5) is 13.1. The second-order valence-electron chi connectivity index (χ2n) is 3.69. The van der Waals surface area contributed by atoms with Gasteiger partial charge in [-0.3, -0.25) is 4.79 Å². The Kier molecular flexibility index (Phi) is 4.10. The molecule has 2 N–H and O–H groups in total. The van der Waals surface area contributed by atoms with Crippen LogP contribution in [0, 0.1) is 0 Å². The zero-order valence-corrected chi connectivity index (χ0v) is 11.6. The third-order valence-electron chi connectivity index (χ3n) is 2.52. The SMILES string of the molecule is NCc1ccc(C(=O)Cc2sccc2Br)cc1. The lowest BCUT2D eigenvalue weighted by Gasteiger charge is -2.02. The minimum absolute atomic E-state index is 0.136. The monoisotopic (exact) mass is 309 g/mol. The van der Waals surface area contributed by atoms with Crippen LogP contribution in [-0.2, 0) is 13.0 Å². The normalized spacial score (nSPS) is 10.5. The van der Waals surface area contributed by atoms with Crippen molar-refractivity contribution >= 4 is 33.0 Å². The number of Topliss-reactive ketones (excluding diaryl/α,β-unsaturated/α-hetero) is 1. The number of thiophene rings is 1. The van der Waals surface area contributed by atoms with Gasteiger partial charge in [-0.1, -0.05) is 24.3 Å². The number of ketones is 1. The zero-order valence-electron chi connectivity index (χ0n) is 9.15. The highest BCUT2D eigenvalue weighted by atomic mass is 79.9. The maximum atomic E-state index is 12.0. The van der Waals surface area contributed by atoms with E-state index in [1.807, 2.05) is 35.7 Å². The van der Waals surface area contributed by atoms with Gasteiger partial charge < -0.3 is 5.73 Å². The first-order valence-corrected chi connectivity index (χ1v) is 6.92. The smallest absolute Gasteiger partial charge is 0.168 e. The van der Waals surface area contributed by atoms with Crippen LogP contribution in [0.3, 0.4) is 0 Å². The van der Waals surface area contributed by atoms with E-state index >= 15 is 0 Å². The molecule has 0 bridgehead atoms. The number of nitrogens with two attached hydrogens (primary N) is 1. The molecule has 0 aliphatic carbocycles. The molecule has 2 nitrogen and oxygen atoms in total. The molecule has 0 fully saturated rings. The summed E-state index contributed by atoms with van der Waals surface area (Å²) < 4.78 is 1.01. The van der Waals surface area contributed by atoms with Crippen LogP contribution in [0.5, 0.6) is 0 Å². The van der Waals surface area contributed by atoms with Crippen molar-refractivity contribution in [3.8, 4) is 0 Å². The fraction of sp³-hybridized carbons (Fsp3) is 0.154. The van der Waals surface area contributed by atoms with E-state index < -0.39 is 0 Å². The molecule has 0 unspecified atom stereocenters. The van der Waals surface area contributed by atoms with Gasteiger partial charge in [-0.15, -0.1) is 11.3 Å². The molecule has 0 saturated carbocycles. The largest absolute Gasteiger partial charge is 0.326 e. The van der Waals surface area contributed by atoms with Crippen LogP contribution in [0.4, 0.5) is 0 Å². The molecule has 2 aromatic rings. The average molecular weight is 310 g/mol. The van der Waals surface area contributed by atoms with E-state index in [4.69, 9.17) is 5.73 Å². The summed E-state index contributed by atoms with van der Waals surface area (Å²) in [5.41, 5.74) is 7.30. The highest BCUT2D eigenvalue weighted by Gasteiger charge is 2.10. The molecule has 88 valence electrons. The van der Waals surface area contributed by atoms with Crippen molar-refractivity contribution in [3.63, 3.8) is 0 Å². The van der Waals surface area contributed by atoms with Gasteiger partial charge in [0.05, 0.1) is 0 Å². The summed E-state index contributed by atoms with van der Waals surface area (Å²) in [7, 11) is 0. The third kappa shape index (κ3) is 3.03. The molecule has 17 heavy (non-hydrogen) atoms. The molecule has 2 rings (SSSR count). The molecular weight excluding hydrogens is 298 g/mol. The molecule has 1 aromatic carbocycles. The number of benzene rings is 1. The molecule has 1 aromatic heterocycles. The van der Waals surface area contributed by atoms with Gasteiger partial charge in [0.15, 0.2) is 5.78 Å². The Morgan fingerprint density at radius 1 is 1.24 bits per heavy atom. The first kappa shape index (κ1) is 12.5. The Morgan fingerprint density at radius 2 is 1.94 bits per heavy atom. The predicted molar refractivity (Wildman–Crippen MR) is 74.4 cm³/mol. The summed E-state index contributed by atoms with van der Waals surface area (Å²) in [6.45, 7) is 0.505. The third-order valence-corrected chi connectivity index (χ3v) is 4.45. The van der Waals surface area contributed by atoms with Crippen LogP contribution in [0.25, 0.3) is 0 Å². The number of carbonyl (C=O) groups excluding carboxylic acids is 1. The fourth-order valence-corrected chi connectivity index (χ4v) is 3.02. The minimum Gasteiger partial charge on any atom is -0.326 e. The topological polar surface area (TPSA) is 43.1 Å². The number of hydrogen-bond acceptors (Lipinski definition) is 3. The predicted octanol–water partition coefficient (Wildman–Crippen LogP) is 3.39. The quantitative estimate of drug-likeness (QED) is 0.880. The van der Waals surface area contributed by atoms with Crippen molar-refractivity contribution in [2.75, 3.05) is 0 Å². The van der Waals surface area contributed by atoms with E-state index in [9.17, 15) is 4.79 Å². The lowest BCUT2D eigenvalue weighted by Crippen LogP contribution is -2.03. The van der Waals surface area contributed by atoms with Crippen molar-refractivity contribution in [1.82, 2.24) is 0 Å². The zero-order chi connectivity index (χ0) is 12.3. The van der Waals surface area contributed by atoms with Crippen LogP contribution in [0.2, 0.25) is 0 Å². The van der Waals surface area contributed by atoms with Crippen molar-refractivity contribution in [2.24, 2.45) is 5.73 Å². The van der Waals surface area contributed by atoms with Crippen molar-refractivity contribution in [1.29, 1.82) is 0 Å². The minimum atomic E-state index is 0.136. The van der Waals surface area contributed by atoms with E-state index in [1.165, 1.54) is 0 Å². The summed E-state index contributed by atoms with van der Waals surface area (Å²) >= 11 is 5.02. The molecule has 0 aliphatic rings. The molecule has 0 amide bonds. The van der Waals surface area contributed by atoms with Gasteiger partial charge in [0.2, 0.25) is 0 Å². The van der Waals surface area contributed by atoms with Gasteiger partial charge >= 0.3 is 0 Å². The standard InChI is InChI=1S/C13H12BrNOS/c14-11-5-6-17-13(11)7-12(16)10-3-1-9(8-15)2-4-10/h1-6H,7-8,15H2. The Balaban J connectivity index is 2.12. The second kappa shape index (κ2) is 5.58. The molecule has 1 heterocycles. The van der Waals surface area contributed by atoms with Crippen molar-refractivity contribution in [2.45, 2.75) is 13.0 Å². The number of hydrogen-bond donors (Lipinski definition) is 1. The first-order chi connectivity index (χ1) is 8.20. The summed E-state index contributed by atoms with van der Waals surface area (Å²) in [6.07, 6.45) is 0.445. The Bertz CT molecular complexity index is 518. The lowest BCUT2D eigenvalue weighted by atomic mass is 10.1. The Morgan fingerprint density at radius 3 is 2.47 bits per heavy atom. The number of halogens is 1. The Labute approximate surface area is 113 Å². The van der Waals surface area contributed by atoms with Gasteiger partial charge in [0.25, 0.3) is 0 Å². The van der Waals surface area contributed by atoms with Gasteiger partial charge in [-0.25, -0.2) is 0 Å². The number of carbonyl (C=O) groups is 1. The van der Waals surface area contributed by atoms with Gasteiger partial charge in [-0.05, 0) is 32.9 Å². The van der Waals surface area contributed by atoms with E-state index in [0.29, 0.717) is 13.0 Å². The van der Waals surface area contributed by atoms with Crippen molar-refractivity contribution in [3.05, 3.63) is 56.2 Å². The average Bonchev–Trinajstić information content (AvgIpc) is 2.75. The van der Waals surface area contributed by atoms with E-state index in [-0.39, 0.29) is 5.78 Å². The van der Waals surface area contributed by atoms with Crippen LogP contribution >= 0.6 is 27.3 Å². The highest BCUT2D eigenvalue weighted by molar-refractivity contribution is 9.10. The maximum absolute atomic E-state index is 12.0. The summed E-state index contributed by atoms with van der Waals surface area (Å²) in [5.74, 6) is 0.136. The van der Waals surface area contributed by atoms with Crippen LogP contribution in [0.15, 0.2) is 40.2 Å². The van der Waals surface area contributed by atoms with E-state index in [2.05, 4.69) is 15.9 Å². The molecule has 0 saturated heterocycles. The molecular formula is C13H12BrNOS. The first-order valence-electron chi connectivity index (χ1n) is 5.25. The fourth-order valence-electron chi connectivity index (χ4n) is 1.53. The molecule has 0 radical (unpaired) electrons. The summed E-state index contributed by atoms with van der Waals surface area (Å²) in [5, 5.41) is 1.98. The van der Waals surface area contributed by atoms with Crippen molar-refractivity contribution < 1.29 is 4.79 Å². The van der Waals surface area contributed by atoms with Crippen LogP contribution in [-0.4, -0.2) is 5.78 Å². The molecule has 0 aliphatic heterocycles. The molecule has 4 heteroatoms. The molecule has 0 atom stereocenters. The Hall–Kier alpha value is -0.970. The van der Waals surface area contributed by atoms with Crippen LogP contribution < -0.4 is 5.73 Å². The molecule has 0 spiro atoms.